The van der Waals surface area contributed by atoms with Crippen LogP contribution in [0.5, 0.6) is 0 Å². The van der Waals surface area contributed by atoms with Gasteiger partial charge in [0.15, 0.2) is 5.17 Å². The third-order valence-corrected chi connectivity index (χ3v) is 7.66. The summed E-state index contributed by atoms with van der Waals surface area (Å²) in [5.74, 6) is -0.495. The lowest BCUT2D eigenvalue weighted by atomic mass is 10.2. The van der Waals surface area contributed by atoms with Gasteiger partial charge in [0.05, 0.1) is 17.1 Å². The number of hydrogen-bond donors (Lipinski definition) is 0. The molecule has 4 nitrogen and oxygen atoms in total. The molecule has 5 rings (SSSR count). The number of amidine groups is 1. The van der Waals surface area contributed by atoms with Crippen LogP contribution in [0.25, 0.3) is 0 Å². The molecule has 0 bridgehead atoms. The maximum absolute atomic E-state index is 13.7. The summed E-state index contributed by atoms with van der Waals surface area (Å²) in [7, 11) is 0. The van der Waals surface area contributed by atoms with E-state index < -0.39 is 0 Å². The van der Waals surface area contributed by atoms with Crippen molar-refractivity contribution >= 4 is 51.7 Å². The van der Waals surface area contributed by atoms with Crippen LogP contribution < -0.4 is 9.80 Å². The van der Waals surface area contributed by atoms with Crippen LogP contribution in [0.15, 0.2) is 92.6 Å². The van der Waals surface area contributed by atoms with Crippen molar-refractivity contribution in [2.75, 3.05) is 16.3 Å². The van der Waals surface area contributed by atoms with Gasteiger partial charge in [-0.05, 0) is 73.6 Å². The van der Waals surface area contributed by atoms with Crippen LogP contribution in [0.2, 0.25) is 0 Å². The average molecular weight is 462 g/mol. The summed E-state index contributed by atoms with van der Waals surface area (Å²) < 4.78 is 13.6. The van der Waals surface area contributed by atoms with Gasteiger partial charge in [-0.15, -0.1) is 0 Å². The molecule has 2 heterocycles. The van der Waals surface area contributed by atoms with Crippen molar-refractivity contribution in [2.24, 2.45) is 4.99 Å². The molecule has 0 atom stereocenters. The van der Waals surface area contributed by atoms with Crippen LogP contribution in [0, 0.1) is 12.7 Å². The Labute approximate surface area is 194 Å². The fraction of sp³-hybridized carbons (Fsp3) is 0.120. The molecule has 0 unspecified atom stereocenters. The molecule has 0 radical (unpaired) electrons. The molecular formula is C25H20FN3OS2. The fourth-order valence-corrected chi connectivity index (χ4v) is 6.09. The number of para-hydroxylation sites is 2. The van der Waals surface area contributed by atoms with Crippen LogP contribution in [-0.4, -0.2) is 17.6 Å². The number of benzene rings is 3. The maximum Gasteiger partial charge on any atom is 0.274 e. The summed E-state index contributed by atoms with van der Waals surface area (Å²) in [5.41, 5.74) is 3.52. The topological polar surface area (TPSA) is 35.9 Å². The second kappa shape index (κ2) is 8.48. The number of carbonyl (C=O) groups excluding carboxylic acids is 1. The molecule has 1 saturated heterocycles. The van der Waals surface area contributed by atoms with Gasteiger partial charge in [-0.25, -0.2) is 9.38 Å². The lowest BCUT2D eigenvalue weighted by Crippen LogP contribution is -2.29. The van der Waals surface area contributed by atoms with E-state index in [4.69, 9.17) is 4.99 Å². The Kier molecular flexibility index (Phi) is 5.53. The highest BCUT2D eigenvalue weighted by Gasteiger charge is 2.40. The van der Waals surface area contributed by atoms with Crippen LogP contribution in [0.3, 0.4) is 0 Å². The van der Waals surface area contributed by atoms with E-state index in [9.17, 15) is 9.18 Å². The Hall–Kier alpha value is -3.03. The Balaban J connectivity index is 1.64. The number of carbonyl (C=O) groups is 1. The Bertz CT molecular complexity index is 1270. The van der Waals surface area contributed by atoms with Gasteiger partial charge in [-0.1, -0.05) is 42.1 Å². The molecule has 0 saturated carbocycles. The van der Waals surface area contributed by atoms with Gasteiger partial charge in [0.1, 0.15) is 15.8 Å². The second-order valence-corrected chi connectivity index (χ2v) is 9.36. The molecule has 0 aromatic heterocycles. The van der Waals surface area contributed by atoms with Crippen LogP contribution >= 0.6 is 23.5 Å². The molecule has 2 aliphatic heterocycles. The molecule has 1 amide bonds. The molecule has 1 fully saturated rings. The summed E-state index contributed by atoms with van der Waals surface area (Å²) in [6.45, 7) is 4.82. The van der Waals surface area contributed by atoms with Crippen molar-refractivity contribution in [1.82, 2.24) is 0 Å². The van der Waals surface area contributed by atoms with E-state index in [0.717, 1.165) is 33.4 Å². The molecule has 32 heavy (non-hydrogen) atoms. The van der Waals surface area contributed by atoms with E-state index in [-0.39, 0.29) is 11.7 Å². The number of hydrogen-bond acceptors (Lipinski definition) is 5. The van der Waals surface area contributed by atoms with Gasteiger partial charge >= 0.3 is 0 Å². The first kappa shape index (κ1) is 20.8. The van der Waals surface area contributed by atoms with E-state index in [1.165, 1.54) is 23.9 Å². The molecule has 0 N–H and O–H groups in total. The van der Waals surface area contributed by atoms with Crippen molar-refractivity contribution in [3.8, 4) is 0 Å². The van der Waals surface area contributed by atoms with E-state index >= 15 is 0 Å². The first-order valence-electron chi connectivity index (χ1n) is 10.3. The Morgan fingerprint density at radius 1 is 0.938 bits per heavy atom. The molecule has 7 heteroatoms. The third-order valence-electron chi connectivity index (χ3n) is 5.32. The van der Waals surface area contributed by atoms with E-state index in [1.54, 1.807) is 28.8 Å². The Morgan fingerprint density at radius 3 is 2.41 bits per heavy atom. The zero-order chi connectivity index (χ0) is 22.2. The summed E-state index contributed by atoms with van der Waals surface area (Å²) in [5, 5.41) is 1.47. The lowest BCUT2D eigenvalue weighted by Gasteiger charge is -2.19. The summed E-state index contributed by atoms with van der Waals surface area (Å²) in [4.78, 5) is 24.1. The van der Waals surface area contributed by atoms with Crippen molar-refractivity contribution < 1.29 is 9.18 Å². The molecule has 2 aliphatic rings. The van der Waals surface area contributed by atoms with Gasteiger partial charge in [0.2, 0.25) is 0 Å². The predicted molar refractivity (Wildman–Crippen MR) is 132 cm³/mol. The average Bonchev–Trinajstić information content (AvgIpc) is 3.33. The zero-order valence-electron chi connectivity index (χ0n) is 17.6. The van der Waals surface area contributed by atoms with Crippen molar-refractivity contribution in [1.29, 1.82) is 0 Å². The van der Waals surface area contributed by atoms with Crippen LogP contribution in [-0.2, 0) is 4.79 Å². The predicted octanol–water partition coefficient (Wildman–Crippen LogP) is 6.70. The summed E-state index contributed by atoms with van der Waals surface area (Å²) in [6, 6.07) is 21.9. The largest absolute Gasteiger partial charge is 0.334 e. The number of fused-ring (bicyclic) bond motifs is 1. The number of thioether (sulfide) groups is 2. The molecule has 0 spiro atoms. The Morgan fingerprint density at radius 2 is 1.66 bits per heavy atom. The molecule has 0 aliphatic carbocycles. The lowest BCUT2D eigenvalue weighted by molar-refractivity contribution is -0.113. The van der Waals surface area contributed by atoms with Gasteiger partial charge in [-0.2, -0.15) is 0 Å². The molecule has 160 valence electrons. The van der Waals surface area contributed by atoms with Crippen molar-refractivity contribution in [2.45, 2.75) is 18.7 Å². The quantitative estimate of drug-likeness (QED) is 0.407. The van der Waals surface area contributed by atoms with Gasteiger partial charge in [-0.3, -0.25) is 9.69 Å². The minimum Gasteiger partial charge on any atom is -0.334 e. The van der Waals surface area contributed by atoms with Crippen LogP contribution in [0.1, 0.15) is 12.5 Å². The van der Waals surface area contributed by atoms with Gasteiger partial charge in [0.25, 0.3) is 5.91 Å². The highest BCUT2D eigenvalue weighted by molar-refractivity contribution is 8.20. The first-order chi connectivity index (χ1) is 15.6. The highest BCUT2D eigenvalue weighted by Crippen LogP contribution is 2.51. The van der Waals surface area contributed by atoms with E-state index in [1.807, 2.05) is 43.3 Å². The van der Waals surface area contributed by atoms with E-state index in [0.29, 0.717) is 15.8 Å². The minimum atomic E-state index is -0.344. The number of nitrogens with zero attached hydrogens (tertiary/aromatic N) is 3. The summed E-state index contributed by atoms with van der Waals surface area (Å²) >= 11 is 2.97. The number of anilines is 2. The third kappa shape index (κ3) is 3.61. The number of aryl methyl sites for hydroxylation is 1. The highest BCUT2D eigenvalue weighted by atomic mass is 32.2. The zero-order valence-corrected chi connectivity index (χ0v) is 19.2. The first-order valence-corrected chi connectivity index (χ1v) is 11.9. The standard InChI is InChI=1S/C25H20FN3OS2/c1-3-28-20-10-6-7-11-21(20)31-24(28)22-23(30)29(18-14-12-17(26)13-15-18)25(32-22)27-19-9-5-4-8-16(19)2/h4-15H,3H2,1-2H3/b24-22-,27-25?. The van der Waals surface area contributed by atoms with Crippen molar-refractivity contribution in [3.63, 3.8) is 0 Å². The monoisotopic (exact) mass is 461 g/mol. The van der Waals surface area contributed by atoms with E-state index in [2.05, 4.69) is 24.0 Å². The maximum atomic E-state index is 13.7. The second-order valence-electron chi connectivity index (χ2n) is 7.35. The fourth-order valence-electron chi connectivity index (χ4n) is 3.70. The van der Waals surface area contributed by atoms with Gasteiger partial charge in [0, 0.05) is 11.4 Å². The number of halogens is 1. The SMILES string of the molecule is CCN1/C(=C2/SC(=Nc3ccccc3C)N(c3ccc(F)cc3)C2=O)Sc2ccccc21. The van der Waals surface area contributed by atoms with Gasteiger partial charge < -0.3 is 4.90 Å². The molecule has 3 aromatic rings. The molecular weight excluding hydrogens is 441 g/mol. The minimum absolute atomic E-state index is 0.150. The van der Waals surface area contributed by atoms with Crippen LogP contribution in [0.4, 0.5) is 21.5 Å². The smallest absolute Gasteiger partial charge is 0.274 e. The normalized spacial score (nSPS) is 19.2. The summed E-state index contributed by atoms with van der Waals surface area (Å²) in [6.07, 6.45) is 0. The number of rotatable bonds is 3. The number of aliphatic imine (C=N–C) groups is 1. The molecule has 3 aromatic carbocycles. The van der Waals surface area contributed by atoms with Crippen molar-refractivity contribution in [3.05, 3.63) is 94.1 Å². The number of amides is 1.